The van der Waals surface area contributed by atoms with Crippen molar-refractivity contribution in [3.05, 3.63) is 18.3 Å². The smallest absolute Gasteiger partial charge is 0.227 e. The molecule has 1 N–H and O–H groups in total. The third-order valence-corrected chi connectivity index (χ3v) is 4.30. The fraction of sp³-hybridized carbons (Fsp3) is 0.667. The van der Waals surface area contributed by atoms with Gasteiger partial charge < -0.3 is 10.2 Å². The Kier molecular flexibility index (Phi) is 6.69. The van der Waals surface area contributed by atoms with Gasteiger partial charge in [-0.15, -0.1) is 0 Å². The zero-order valence-corrected chi connectivity index (χ0v) is 14.0. The number of aromatic nitrogens is 1. The van der Waals surface area contributed by atoms with Gasteiger partial charge in [0.15, 0.2) is 0 Å². The Labute approximate surface area is 134 Å². The molecule has 1 aromatic heterocycles. The summed E-state index contributed by atoms with van der Waals surface area (Å²) in [6.45, 7) is 6.41. The molecule has 1 aromatic rings. The molecule has 0 aromatic carbocycles. The lowest BCUT2D eigenvalue weighted by atomic mass is 9.88. The Morgan fingerprint density at radius 2 is 1.86 bits per heavy atom. The second-order valence-electron chi connectivity index (χ2n) is 6.22. The molecule has 1 heterocycles. The van der Waals surface area contributed by atoms with E-state index in [1.54, 1.807) is 6.20 Å². The van der Waals surface area contributed by atoms with Crippen LogP contribution in [0.3, 0.4) is 0 Å². The minimum Gasteiger partial charge on any atom is -0.357 e. The van der Waals surface area contributed by atoms with Crippen molar-refractivity contribution in [2.75, 3.05) is 23.3 Å². The predicted octanol–water partition coefficient (Wildman–Crippen LogP) is 4.23. The molecule has 122 valence electrons. The number of hydrogen-bond donors (Lipinski definition) is 1. The number of anilines is 2. The number of nitrogens with zero attached hydrogens (tertiary/aromatic N) is 2. The van der Waals surface area contributed by atoms with Crippen LogP contribution in [0.2, 0.25) is 0 Å². The number of nitrogens with one attached hydrogen (secondary N) is 1. The van der Waals surface area contributed by atoms with E-state index in [9.17, 15) is 4.79 Å². The topological polar surface area (TPSA) is 45.2 Å². The largest absolute Gasteiger partial charge is 0.357 e. The van der Waals surface area contributed by atoms with E-state index in [1.165, 1.54) is 19.3 Å². The maximum atomic E-state index is 12.2. The lowest BCUT2D eigenvalue weighted by Gasteiger charge is -2.23. The van der Waals surface area contributed by atoms with Gasteiger partial charge in [0, 0.05) is 19.0 Å². The van der Waals surface area contributed by atoms with E-state index in [2.05, 4.69) is 29.0 Å². The summed E-state index contributed by atoms with van der Waals surface area (Å²) < 4.78 is 0. The van der Waals surface area contributed by atoms with Gasteiger partial charge in [0.25, 0.3) is 0 Å². The average Bonchev–Trinajstić information content (AvgIpc) is 2.56. The Hall–Kier alpha value is -1.58. The van der Waals surface area contributed by atoms with E-state index in [0.717, 1.165) is 50.3 Å². The zero-order valence-electron chi connectivity index (χ0n) is 14.0. The normalized spacial score (nSPS) is 15.5. The molecule has 0 saturated heterocycles. The fourth-order valence-corrected chi connectivity index (χ4v) is 3.14. The van der Waals surface area contributed by atoms with E-state index in [0.29, 0.717) is 0 Å². The third kappa shape index (κ3) is 4.72. The Balaban J connectivity index is 1.94. The molecule has 0 spiro atoms. The minimum absolute atomic E-state index is 0.160. The van der Waals surface area contributed by atoms with Gasteiger partial charge >= 0.3 is 0 Å². The fourth-order valence-electron chi connectivity index (χ4n) is 3.14. The summed E-state index contributed by atoms with van der Waals surface area (Å²) in [6, 6.07) is 3.99. The van der Waals surface area contributed by atoms with Crippen LogP contribution < -0.4 is 10.2 Å². The van der Waals surface area contributed by atoms with Gasteiger partial charge in [0.2, 0.25) is 5.91 Å². The molecule has 1 aliphatic carbocycles. The maximum absolute atomic E-state index is 12.2. The second kappa shape index (κ2) is 8.76. The summed E-state index contributed by atoms with van der Waals surface area (Å²) >= 11 is 0. The Bertz CT molecular complexity index is 446. The van der Waals surface area contributed by atoms with E-state index in [4.69, 9.17) is 0 Å². The molecule has 4 nitrogen and oxygen atoms in total. The van der Waals surface area contributed by atoms with Crippen molar-refractivity contribution in [1.82, 2.24) is 4.98 Å². The molecule has 0 aliphatic heterocycles. The third-order valence-electron chi connectivity index (χ3n) is 4.30. The van der Waals surface area contributed by atoms with Crippen molar-refractivity contribution in [2.24, 2.45) is 5.92 Å². The van der Waals surface area contributed by atoms with Crippen LogP contribution in [-0.4, -0.2) is 24.0 Å². The zero-order chi connectivity index (χ0) is 15.8. The molecule has 4 heteroatoms. The molecule has 1 fully saturated rings. The summed E-state index contributed by atoms with van der Waals surface area (Å²) in [5.41, 5.74) is 0.812. The second-order valence-corrected chi connectivity index (χ2v) is 6.22. The summed E-state index contributed by atoms with van der Waals surface area (Å²) in [7, 11) is 0. The number of carbonyl (C=O) groups excluding carboxylic acids is 1. The molecule has 1 amide bonds. The van der Waals surface area contributed by atoms with Crippen molar-refractivity contribution < 1.29 is 4.79 Å². The molecule has 1 aliphatic rings. The van der Waals surface area contributed by atoms with Gasteiger partial charge in [0.1, 0.15) is 5.82 Å². The number of pyridine rings is 1. The van der Waals surface area contributed by atoms with Crippen LogP contribution >= 0.6 is 0 Å². The Morgan fingerprint density at radius 3 is 2.41 bits per heavy atom. The number of hydrogen-bond acceptors (Lipinski definition) is 3. The highest BCUT2D eigenvalue weighted by atomic mass is 16.1. The van der Waals surface area contributed by atoms with E-state index in [1.807, 2.05) is 12.1 Å². The molecule has 1 saturated carbocycles. The maximum Gasteiger partial charge on any atom is 0.227 e. The van der Waals surface area contributed by atoms with Crippen molar-refractivity contribution >= 4 is 17.4 Å². The first-order chi connectivity index (χ1) is 10.7. The number of rotatable bonds is 7. The average molecular weight is 303 g/mol. The van der Waals surface area contributed by atoms with Crippen molar-refractivity contribution in [2.45, 2.75) is 58.8 Å². The van der Waals surface area contributed by atoms with Crippen LogP contribution in [0, 0.1) is 5.92 Å². The summed E-state index contributed by atoms with van der Waals surface area (Å²) in [5, 5.41) is 3.02. The molecule has 0 atom stereocenters. The minimum atomic E-state index is 0.160. The van der Waals surface area contributed by atoms with Crippen LogP contribution in [-0.2, 0) is 4.79 Å². The van der Waals surface area contributed by atoms with Crippen LogP contribution in [0.1, 0.15) is 58.8 Å². The summed E-state index contributed by atoms with van der Waals surface area (Å²) in [4.78, 5) is 19.1. The first kappa shape index (κ1) is 16.8. The first-order valence-corrected chi connectivity index (χ1v) is 8.76. The van der Waals surface area contributed by atoms with Gasteiger partial charge in [-0.3, -0.25) is 4.79 Å². The molecule has 2 rings (SSSR count). The van der Waals surface area contributed by atoms with E-state index >= 15 is 0 Å². The highest BCUT2D eigenvalue weighted by Crippen LogP contribution is 2.25. The van der Waals surface area contributed by atoms with Crippen molar-refractivity contribution in [3.8, 4) is 0 Å². The standard InChI is InChI=1S/C18H29N3O/c1-3-12-21(13-4-2)17-11-10-16(14-19-17)20-18(22)15-8-6-5-7-9-15/h10-11,14-15H,3-9,12-13H2,1-2H3,(H,20,22). The molecule has 22 heavy (non-hydrogen) atoms. The molecular weight excluding hydrogens is 274 g/mol. The van der Waals surface area contributed by atoms with E-state index in [-0.39, 0.29) is 11.8 Å². The summed E-state index contributed by atoms with van der Waals surface area (Å²) in [5.74, 6) is 1.35. The molecule has 0 unspecified atom stereocenters. The van der Waals surface area contributed by atoms with Gasteiger partial charge in [-0.05, 0) is 37.8 Å². The summed E-state index contributed by atoms with van der Waals surface area (Å²) in [6.07, 6.45) is 9.69. The Morgan fingerprint density at radius 1 is 1.18 bits per heavy atom. The van der Waals surface area contributed by atoms with Gasteiger partial charge in [0.05, 0.1) is 11.9 Å². The van der Waals surface area contributed by atoms with Crippen LogP contribution in [0.4, 0.5) is 11.5 Å². The predicted molar refractivity (Wildman–Crippen MR) is 92.2 cm³/mol. The molecule has 0 bridgehead atoms. The highest BCUT2D eigenvalue weighted by molar-refractivity contribution is 5.92. The van der Waals surface area contributed by atoms with Crippen LogP contribution in [0.5, 0.6) is 0 Å². The molecular formula is C18H29N3O. The van der Waals surface area contributed by atoms with Crippen LogP contribution in [0.25, 0.3) is 0 Å². The van der Waals surface area contributed by atoms with Crippen molar-refractivity contribution in [3.63, 3.8) is 0 Å². The van der Waals surface area contributed by atoms with Crippen LogP contribution in [0.15, 0.2) is 18.3 Å². The number of carbonyl (C=O) groups is 1. The lowest BCUT2D eigenvalue weighted by Crippen LogP contribution is -2.26. The first-order valence-electron chi connectivity index (χ1n) is 8.76. The lowest BCUT2D eigenvalue weighted by molar-refractivity contribution is -0.120. The molecule has 0 radical (unpaired) electrons. The number of amides is 1. The quantitative estimate of drug-likeness (QED) is 0.820. The SMILES string of the molecule is CCCN(CCC)c1ccc(NC(=O)C2CCCCC2)cn1. The monoisotopic (exact) mass is 303 g/mol. The highest BCUT2D eigenvalue weighted by Gasteiger charge is 2.21. The van der Waals surface area contributed by atoms with E-state index < -0.39 is 0 Å². The van der Waals surface area contributed by atoms with Crippen molar-refractivity contribution in [1.29, 1.82) is 0 Å². The van der Waals surface area contributed by atoms with Gasteiger partial charge in [-0.1, -0.05) is 33.1 Å². The van der Waals surface area contributed by atoms with Gasteiger partial charge in [-0.25, -0.2) is 4.98 Å². The van der Waals surface area contributed by atoms with Gasteiger partial charge in [-0.2, -0.15) is 0 Å².